The molecule has 2 aliphatic heterocycles. The van der Waals surface area contributed by atoms with Crippen molar-refractivity contribution in [3.8, 4) is 0 Å². The molecule has 8 heteroatoms. The molecule has 2 saturated heterocycles. The van der Waals surface area contributed by atoms with E-state index in [9.17, 15) is 14.4 Å². The van der Waals surface area contributed by atoms with Crippen LogP contribution in [0.25, 0.3) is 0 Å². The molecule has 0 unspecified atom stereocenters. The third kappa shape index (κ3) is 4.24. The van der Waals surface area contributed by atoms with Gasteiger partial charge in [-0.05, 0) is 36.4 Å². The minimum absolute atomic E-state index is 0.0714. The summed E-state index contributed by atoms with van der Waals surface area (Å²) in [6, 6.07) is 14.3. The van der Waals surface area contributed by atoms with Crippen LogP contribution >= 0.6 is 27.7 Å². The van der Waals surface area contributed by atoms with E-state index in [1.807, 2.05) is 18.2 Å². The Balaban J connectivity index is 1.54. The van der Waals surface area contributed by atoms with Crippen LogP contribution in [0.3, 0.4) is 0 Å². The first kappa shape index (κ1) is 20.1. The fourth-order valence-corrected chi connectivity index (χ4v) is 4.84. The predicted molar refractivity (Wildman–Crippen MR) is 114 cm³/mol. The zero-order valence-electron chi connectivity index (χ0n) is 15.5. The summed E-state index contributed by atoms with van der Waals surface area (Å²) < 4.78 is 6.20. The van der Waals surface area contributed by atoms with E-state index in [1.54, 1.807) is 35.2 Å². The summed E-state index contributed by atoms with van der Waals surface area (Å²) >= 11 is 4.64. The second-order valence-electron chi connectivity index (χ2n) is 6.76. The molecule has 0 saturated carbocycles. The highest BCUT2D eigenvalue weighted by Crippen LogP contribution is 2.36. The predicted octanol–water partition coefficient (Wildman–Crippen LogP) is 3.35. The molecule has 4 rings (SSSR count). The molecule has 0 aromatic heterocycles. The third-order valence-corrected chi connectivity index (χ3v) is 6.67. The average molecular weight is 475 g/mol. The first-order valence-corrected chi connectivity index (χ1v) is 11.0. The Morgan fingerprint density at radius 3 is 2.45 bits per heavy atom. The third-order valence-electron chi connectivity index (χ3n) is 4.88. The summed E-state index contributed by atoms with van der Waals surface area (Å²) in [7, 11) is 0. The molecule has 2 aromatic rings. The fourth-order valence-electron chi connectivity index (χ4n) is 3.39. The molecule has 150 valence electrons. The number of morpholine rings is 1. The van der Waals surface area contributed by atoms with Crippen molar-refractivity contribution in [2.24, 2.45) is 0 Å². The molecule has 6 nitrogen and oxygen atoms in total. The van der Waals surface area contributed by atoms with Crippen molar-refractivity contribution in [2.75, 3.05) is 31.2 Å². The minimum Gasteiger partial charge on any atom is -0.378 e. The number of nitrogens with zero attached hydrogens (tertiary/aromatic N) is 2. The quantitative estimate of drug-likeness (QED) is 0.635. The highest BCUT2D eigenvalue weighted by molar-refractivity contribution is 9.10. The number of halogens is 1. The van der Waals surface area contributed by atoms with Gasteiger partial charge in [0.25, 0.3) is 5.91 Å². The van der Waals surface area contributed by atoms with E-state index in [0.29, 0.717) is 42.4 Å². The van der Waals surface area contributed by atoms with Crippen molar-refractivity contribution in [1.82, 2.24) is 4.90 Å². The molecule has 2 aliphatic rings. The maximum atomic E-state index is 12.9. The Hall–Kier alpha value is -2.16. The normalized spacial score (nSPS) is 19.7. The number of thioether (sulfide) groups is 1. The topological polar surface area (TPSA) is 66.9 Å². The molecule has 3 amide bonds. The van der Waals surface area contributed by atoms with E-state index in [4.69, 9.17) is 4.74 Å². The maximum absolute atomic E-state index is 12.9. The van der Waals surface area contributed by atoms with Gasteiger partial charge in [-0.2, -0.15) is 0 Å². The van der Waals surface area contributed by atoms with E-state index in [2.05, 4.69) is 15.9 Å². The number of benzene rings is 2. The summed E-state index contributed by atoms with van der Waals surface area (Å²) in [5.74, 6) is -0.555. The smallest absolute Gasteiger partial charge is 0.255 e. The molecule has 0 spiro atoms. The molecule has 2 heterocycles. The number of amides is 3. The van der Waals surface area contributed by atoms with Crippen LogP contribution in [0, 0.1) is 0 Å². The van der Waals surface area contributed by atoms with Crippen LogP contribution in [0.1, 0.15) is 16.8 Å². The zero-order valence-corrected chi connectivity index (χ0v) is 17.9. The summed E-state index contributed by atoms with van der Waals surface area (Å²) in [6.07, 6.45) is 0.111. The Kier molecular flexibility index (Phi) is 6.03. The molecular formula is C21H19BrN2O4S. The van der Waals surface area contributed by atoms with Crippen molar-refractivity contribution in [3.63, 3.8) is 0 Å². The molecule has 0 radical (unpaired) electrons. The molecule has 2 fully saturated rings. The average Bonchev–Trinajstić information content (AvgIpc) is 3.02. The first-order chi connectivity index (χ1) is 14.0. The number of imide groups is 1. The molecule has 0 aliphatic carbocycles. The molecule has 0 N–H and O–H groups in total. The van der Waals surface area contributed by atoms with Gasteiger partial charge in [0, 0.05) is 28.9 Å². The lowest BCUT2D eigenvalue weighted by molar-refractivity contribution is -0.121. The van der Waals surface area contributed by atoms with Crippen molar-refractivity contribution in [2.45, 2.75) is 16.6 Å². The molecule has 2 aromatic carbocycles. The minimum atomic E-state index is -0.551. The van der Waals surface area contributed by atoms with E-state index in [-0.39, 0.29) is 24.1 Å². The number of hydrogen-bond donors (Lipinski definition) is 0. The van der Waals surface area contributed by atoms with Crippen LogP contribution in [-0.4, -0.2) is 54.2 Å². The van der Waals surface area contributed by atoms with Gasteiger partial charge in [-0.15, -0.1) is 11.8 Å². The lowest BCUT2D eigenvalue weighted by Crippen LogP contribution is -2.40. The molecular weight excluding hydrogens is 456 g/mol. The Morgan fingerprint density at radius 2 is 1.72 bits per heavy atom. The van der Waals surface area contributed by atoms with Crippen molar-refractivity contribution < 1.29 is 19.1 Å². The largest absolute Gasteiger partial charge is 0.378 e. The van der Waals surface area contributed by atoms with Crippen molar-refractivity contribution in [3.05, 3.63) is 58.6 Å². The lowest BCUT2D eigenvalue weighted by atomic mass is 10.2. The zero-order chi connectivity index (χ0) is 20.4. The van der Waals surface area contributed by atoms with Crippen LogP contribution in [0.5, 0.6) is 0 Å². The number of rotatable bonds is 4. The lowest BCUT2D eigenvalue weighted by Gasteiger charge is -2.27. The van der Waals surface area contributed by atoms with Crippen molar-refractivity contribution in [1.29, 1.82) is 0 Å². The number of anilines is 1. The standard InChI is InChI=1S/C21H19BrN2O4S/c22-14-5-7-15(8-6-14)24-19(25)13-18(21(24)27)29-17-4-2-1-3-16(17)20(26)23-9-11-28-12-10-23/h1-8,18H,9-13H2/t18-/m1/s1. The molecule has 0 bridgehead atoms. The van der Waals surface area contributed by atoms with Gasteiger partial charge in [-0.25, -0.2) is 4.90 Å². The van der Waals surface area contributed by atoms with Crippen LogP contribution in [0.4, 0.5) is 5.69 Å². The van der Waals surface area contributed by atoms with E-state index >= 15 is 0 Å². The van der Waals surface area contributed by atoms with Crippen LogP contribution < -0.4 is 4.90 Å². The number of ether oxygens (including phenoxy) is 1. The van der Waals surface area contributed by atoms with Gasteiger partial charge in [-0.1, -0.05) is 28.1 Å². The van der Waals surface area contributed by atoms with Gasteiger partial charge >= 0.3 is 0 Å². The molecule has 29 heavy (non-hydrogen) atoms. The van der Waals surface area contributed by atoms with Gasteiger partial charge < -0.3 is 9.64 Å². The fraction of sp³-hybridized carbons (Fsp3) is 0.286. The van der Waals surface area contributed by atoms with Gasteiger partial charge in [0.15, 0.2) is 0 Å². The highest BCUT2D eigenvalue weighted by atomic mass is 79.9. The Labute approximate surface area is 181 Å². The monoisotopic (exact) mass is 474 g/mol. The highest BCUT2D eigenvalue weighted by Gasteiger charge is 2.40. The van der Waals surface area contributed by atoms with Gasteiger partial charge in [0.05, 0.1) is 29.7 Å². The van der Waals surface area contributed by atoms with Gasteiger partial charge in [-0.3, -0.25) is 14.4 Å². The Morgan fingerprint density at radius 1 is 1.03 bits per heavy atom. The van der Waals surface area contributed by atoms with E-state index in [1.165, 1.54) is 16.7 Å². The number of hydrogen-bond acceptors (Lipinski definition) is 5. The summed E-state index contributed by atoms with van der Waals surface area (Å²) in [5.41, 5.74) is 1.12. The number of carbonyl (C=O) groups is 3. The summed E-state index contributed by atoms with van der Waals surface area (Å²) in [5, 5.41) is -0.551. The van der Waals surface area contributed by atoms with Crippen LogP contribution in [-0.2, 0) is 14.3 Å². The number of carbonyl (C=O) groups excluding carboxylic acids is 3. The van der Waals surface area contributed by atoms with E-state index in [0.717, 1.165) is 4.47 Å². The second kappa shape index (κ2) is 8.69. The van der Waals surface area contributed by atoms with Crippen LogP contribution in [0.2, 0.25) is 0 Å². The Bertz CT molecular complexity index is 944. The SMILES string of the molecule is O=C(c1ccccc1S[C@@H]1CC(=O)N(c2ccc(Br)cc2)C1=O)N1CCOCC1. The van der Waals surface area contributed by atoms with Gasteiger partial charge in [0.1, 0.15) is 0 Å². The second-order valence-corrected chi connectivity index (χ2v) is 8.92. The first-order valence-electron chi connectivity index (χ1n) is 9.29. The van der Waals surface area contributed by atoms with E-state index < -0.39 is 5.25 Å². The van der Waals surface area contributed by atoms with Crippen molar-refractivity contribution >= 4 is 51.1 Å². The summed E-state index contributed by atoms with van der Waals surface area (Å²) in [6.45, 7) is 2.16. The van der Waals surface area contributed by atoms with Crippen LogP contribution in [0.15, 0.2) is 57.9 Å². The molecule has 1 atom stereocenters. The summed E-state index contributed by atoms with van der Waals surface area (Å²) in [4.78, 5) is 42.1. The maximum Gasteiger partial charge on any atom is 0.255 e. The van der Waals surface area contributed by atoms with Gasteiger partial charge in [0.2, 0.25) is 11.8 Å².